The highest BCUT2D eigenvalue weighted by Crippen LogP contribution is 2.07. The molecule has 26 heavy (non-hydrogen) atoms. The van der Waals surface area contributed by atoms with Crippen molar-refractivity contribution in [2.45, 2.75) is 58.7 Å². The molecule has 0 bridgehead atoms. The maximum atomic E-state index is 12.5. The van der Waals surface area contributed by atoms with E-state index in [1.807, 2.05) is 51.1 Å². The number of alkyl carbamates (subject to hydrolysis) is 1. The molecule has 144 valence electrons. The first-order chi connectivity index (χ1) is 12.3. The van der Waals surface area contributed by atoms with Crippen molar-refractivity contribution in [3.05, 3.63) is 35.9 Å². The molecule has 1 aromatic carbocycles. The SMILES string of the molecule is CCC[C@@H](NC(=O)OCc1ccccc1)C(=O)N[C@@H](CC(C)C)C(N)=O. The van der Waals surface area contributed by atoms with Crippen LogP contribution >= 0.6 is 0 Å². The van der Waals surface area contributed by atoms with Gasteiger partial charge in [0.05, 0.1) is 0 Å². The summed E-state index contributed by atoms with van der Waals surface area (Å²) in [6.07, 6.45) is 0.877. The van der Waals surface area contributed by atoms with Crippen molar-refractivity contribution in [1.82, 2.24) is 10.6 Å². The van der Waals surface area contributed by atoms with E-state index in [0.717, 1.165) is 5.56 Å². The molecule has 0 heterocycles. The highest BCUT2D eigenvalue weighted by atomic mass is 16.5. The molecule has 0 saturated heterocycles. The molecule has 4 N–H and O–H groups in total. The van der Waals surface area contributed by atoms with Gasteiger partial charge < -0.3 is 21.1 Å². The molecule has 7 heteroatoms. The zero-order valence-electron chi connectivity index (χ0n) is 15.7. The monoisotopic (exact) mass is 363 g/mol. The van der Waals surface area contributed by atoms with Crippen molar-refractivity contribution in [2.24, 2.45) is 11.7 Å². The number of amides is 3. The lowest BCUT2D eigenvalue weighted by Gasteiger charge is -2.22. The third kappa shape index (κ3) is 8.00. The van der Waals surface area contributed by atoms with E-state index < -0.39 is 30.0 Å². The summed E-state index contributed by atoms with van der Waals surface area (Å²) < 4.78 is 5.15. The number of carbonyl (C=O) groups is 3. The molecule has 0 fully saturated rings. The van der Waals surface area contributed by atoms with Crippen molar-refractivity contribution < 1.29 is 19.1 Å². The second-order valence-corrected chi connectivity index (χ2v) is 6.64. The predicted octanol–water partition coefficient (Wildman–Crippen LogP) is 2.10. The van der Waals surface area contributed by atoms with Crippen molar-refractivity contribution in [3.8, 4) is 0 Å². The van der Waals surface area contributed by atoms with Gasteiger partial charge in [-0.25, -0.2) is 4.79 Å². The van der Waals surface area contributed by atoms with Crippen molar-refractivity contribution in [3.63, 3.8) is 0 Å². The number of nitrogens with two attached hydrogens (primary N) is 1. The number of nitrogens with one attached hydrogen (secondary N) is 2. The van der Waals surface area contributed by atoms with E-state index in [0.29, 0.717) is 19.3 Å². The van der Waals surface area contributed by atoms with Gasteiger partial charge in [-0.1, -0.05) is 57.5 Å². The van der Waals surface area contributed by atoms with Gasteiger partial charge in [0, 0.05) is 0 Å². The van der Waals surface area contributed by atoms with E-state index in [9.17, 15) is 14.4 Å². The minimum Gasteiger partial charge on any atom is -0.445 e. The molecule has 0 aliphatic heterocycles. The largest absolute Gasteiger partial charge is 0.445 e. The molecule has 0 aliphatic rings. The molecule has 3 amide bonds. The van der Waals surface area contributed by atoms with Crippen LogP contribution in [0.2, 0.25) is 0 Å². The van der Waals surface area contributed by atoms with Crippen LogP contribution in [-0.4, -0.2) is 30.0 Å². The maximum Gasteiger partial charge on any atom is 0.408 e. The summed E-state index contributed by atoms with van der Waals surface area (Å²) in [4.78, 5) is 36.0. The number of hydrogen-bond donors (Lipinski definition) is 3. The van der Waals surface area contributed by atoms with Crippen LogP contribution in [0.4, 0.5) is 4.79 Å². The predicted molar refractivity (Wildman–Crippen MR) is 99.0 cm³/mol. The van der Waals surface area contributed by atoms with Crippen LogP contribution in [0.3, 0.4) is 0 Å². The first kappa shape index (κ1) is 21.5. The normalized spacial score (nSPS) is 12.9. The van der Waals surface area contributed by atoms with Crippen LogP contribution in [0.5, 0.6) is 0 Å². The van der Waals surface area contributed by atoms with E-state index >= 15 is 0 Å². The highest BCUT2D eigenvalue weighted by Gasteiger charge is 2.26. The lowest BCUT2D eigenvalue weighted by Crippen LogP contribution is -2.53. The van der Waals surface area contributed by atoms with Gasteiger partial charge in [0.15, 0.2) is 0 Å². The molecule has 1 aromatic rings. The first-order valence-electron chi connectivity index (χ1n) is 8.90. The molecule has 0 aliphatic carbocycles. The van der Waals surface area contributed by atoms with Gasteiger partial charge in [0.2, 0.25) is 11.8 Å². The zero-order chi connectivity index (χ0) is 19.5. The molecule has 0 saturated carbocycles. The summed E-state index contributed by atoms with van der Waals surface area (Å²) in [5, 5.41) is 5.19. The minimum atomic E-state index is -0.780. The summed E-state index contributed by atoms with van der Waals surface area (Å²) in [6, 6.07) is 7.71. The molecule has 1 rings (SSSR count). The average molecular weight is 363 g/mol. The molecular formula is C19H29N3O4. The summed E-state index contributed by atoms with van der Waals surface area (Å²) in [5.41, 5.74) is 6.21. The number of primary amides is 1. The molecule has 7 nitrogen and oxygen atoms in total. The summed E-state index contributed by atoms with van der Waals surface area (Å²) >= 11 is 0. The second-order valence-electron chi connectivity index (χ2n) is 6.64. The van der Waals surface area contributed by atoms with Crippen molar-refractivity contribution in [1.29, 1.82) is 0 Å². The summed E-state index contributed by atoms with van der Waals surface area (Å²) in [6.45, 7) is 5.89. The van der Waals surface area contributed by atoms with Gasteiger partial charge >= 0.3 is 6.09 Å². The number of carbonyl (C=O) groups excluding carboxylic acids is 3. The molecule has 0 aromatic heterocycles. The van der Waals surface area contributed by atoms with Crippen molar-refractivity contribution in [2.75, 3.05) is 0 Å². The number of ether oxygens (including phenoxy) is 1. The van der Waals surface area contributed by atoms with Gasteiger partial charge in [0.25, 0.3) is 0 Å². The smallest absolute Gasteiger partial charge is 0.408 e. The highest BCUT2D eigenvalue weighted by molar-refractivity contribution is 5.90. The Labute approximate surface area is 154 Å². The second kappa shape index (κ2) is 11.1. The third-order valence-electron chi connectivity index (χ3n) is 3.77. The molecule has 2 atom stereocenters. The lowest BCUT2D eigenvalue weighted by molar-refractivity contribution is -0.129. The Morgan fingerprint density at radius 3 is 2.27 bits per heavy atom. The van der Waals surface area contributed by atoms with Gasteiger partial charge in [-0.3, -0.25) is 9.59 Å². The van der Waals surface area contributed by atoms with Crippen LogP contribution in [-0.2, 0) is 20.9 Å². The fourth-order valence-corrected chi connectivity index (χ4v) is 2.45. The maximum absolute atomic E-state index is 12.5. The Kier molecular flexibility index (Phi) is 9.19. The Hall–Kier alpha value is -2.57. The van der Waals surface area contributed by atoms with Gasteiger partial charge in [-0.2, -0.15) is 0 Å². The third-order valence-corrected chi connectivity index (χ3v) is 3.77. The molecule has 0 radical (unpaired) electrons. The Morgan fingerprint density at radius 1 is 1.08 bits per heavy atom. The van der Waals surface area contributed by atoms with Crippen LogP contribution in [0.1, 0.15) is 45.6 Å². The Morgan fingerprint density at radius 2 is 1.73 bits per heavy atom. The topological polar surface area (TPSA) is 111 Å². The Balaban J connectivity index is 2.60. The summed E-state index contributed by atoms with van der Waals surface area (Å²) in [7, 11) is 0. The number of benzene rings is 1. The van der Waals surface area contributed by atoms with E-state index in [1.54, 1.807) is 0 Å². The van der Waals surface area contributed by atoms with Gasteiger partial charge in [-0.05, 0) is 24.3 Å². The van der Waals surface area contributed by atoms with E-state index in [2.05, 4.69) is 10.6 Å². The van der Waals surface area contributed by atoms with Crippen molar-refractivity contribution >= 4 is 17.9 Å². The van der Waals surface area contributed by atoms with E-state index in [-0.39, 0.29) is 12.5 Å². The van der Waals surface area contributed by atoms with E-state index in [4.69, 9.17) is 10.5 Å². The van der Waals surface area contributed by atoms with Gasteiger partial charge in [-0.15, -0.1) is 0 Å². The molecule has 0 spiro atoms. The average Bonchev–Trinajstić information content (AvgIpc) is 2.59. The quantitative estimate of drug-likeness (QED) is 0.591. The van der Waals surface area contributed by atoms with Gasteiger partial charge in [0.1, 0.15) is 18.7 Å². The fraction of sp³-hybridized carbons (Fsp3) is 0.526. The number of hydrogen-bond acceptors (Lipinski definition) is 4. The lowest BCUT2D eigenvalue weighted by atomic mass is 10.0. The van der Waals surface area contributed by atoms with E-state index in [1.165, 1.54) is 0 Å². The Bertz CT molecular complexity index is 590. The fourth-order valence-electron chi connectivity index (χ4n) is 2.45. The number of rotatable bonds is 10. The summed E-state index contributed by atoms with van der Waals surface area (Å²) in [5.74, 6) is -0.830. The molecular weight excluding hydrogens is 334 g/mol. The van der Waals surface area contributed by atoms with Crippen LogP contribution in [0.25, 0.3) is 0 Å². The molecule has 0 unspecified atom stereocenters. The van der Waals surface area contributed by atoms with Crippen LogP contribution < -0.4 is 16.4 Å². The van der Waals surface area contributed by atoms with Crippen LogP contribution in [0.15, 0.2) is 30.3 Å². The zero-order valence-corrected chi connectivity index (χ0v) is 15.7. The standard InChI is InChI=1S/C19H29N3O4/c1-4-8-15(18(24)21-16(17(20)23)11-13(2)3)22-19(25)26-12-14-9-6-5-7-10-14/h5-7,9-10,13,15-16H,4,8,11-12H2,1-3H3,(H2,20,23)(H,21,24)(H,22,25)/t15-,16+/m1/s1. The first-order valence-corrected chi connectivity index (χ1v) is 8.90. The van der Waals surface area contributed by atoms with Crippen LogP contribution in [0, 0.1) is 5.92 Å². The minimum absolute atomic E-state index is 0.115.